The Labute approximate surface area is 137 Å². The van der Waals surface area contributed by atoms with Gasteiger partial charge in [0.1, 0.15) is 5.75 Å². The Kier molecular flexibility index (Phi) is 5.16. The fourth-order valence-electron chi connectivity index (χ4n) is 3.97. The highest BCUT2D eigenvalue weighted by Crippen LogP contribution is 2.45. The quantitative estimate of drug-likeness (QED) is 0.710. The van der Waals surface area contributed by atoms with Crippen LogP contribution in [0.2, 0.25) is 0 Å². The van der Waals surface area contributed by atoms with Crippen molar-refractivity contribution in [2.45, 2.75) is 50.5 Å². The number of hydrogen-bond acceptors (Lipinski definition) is 4. The Hall–Kier alpha value is -2.04. The van der Waals surface area contributed by atoms with Gasteiger partial charge in [-0.25, -0.2) is 0 Å². The number of nitriles is 2. The Morgan fingerprint density at radius 1 is 1.13 bits per heavy atom. The van der Waals surface area contributed by atoms with Crippen LogP contribution in [0.5, 0.6) is 5.75 Å². The van der Waals surface area contributed by atoms with Crippen molar-refractivity contribution in [3.05, 3.63) is 29.8 Å². The molecule has 4 heteroatoms. The van der Waals surface area contributed by atoms with E-state index in [4.69, 9.17) is 20.0 Å². The molecule has 0 aromatic heterocycles. The zero-order valence-corrected chi connectivity index (χ0v) is 13.3. The maximum atomic E-state index is 8.90. The average Bonchev–Trinajstić information content (AvgIpc) is 3.18. The SMILES string of the molecule is N#CCC(CC#N)c1cccc(OCO[C@H]2C[C@@H]3CC[C@H]2C3)c1. The lowest BCUT2D eigenvalue weighted by Crippen LogP contribution is -2.22. The van der Waals surface area contributed by atoms with Gasteiger partial charge < -0.3 is 9.47 Å². The van der Waals surface area contributed by atoms with Gasteiger partial charge in [-0.3, -0.25) is 0 Å². The smallest absolute Gasteiger partial charge is 0.189 e. The summed E-state index contributed by atoms with van der Waals surface area (Å²) in [6, 6.07) is 12.0. The van der Waals surface area contributed by atoms with Crippen molar-refractivity contribution in [1.29, 1.82) is 10.5 Å². The summed E-state index contributed by atoms with van der Waals surface area (Å²) in [7, 11) is 0. The van der Waals surface area contributed by atoms with Crippen LogP contribution in [0, 0.1) is 34.5 Å². The Morgan fingerprint density at radius 2 is 1.96 bits per heavy atom. The molecule has 0 N–H and O–H groups in total. The molecule has 3 atom stereocenters. The second-order valence-electron chi connectivity index (χ2n) is 6.64. The zero-order chi connectivity index (χ0) is 16.1. The number of benzene rings is 1. The van der Waals surface area contributed by atoms with Gasteiger partial charge in [0, 0.05) is 18.8 Å². The number of hydrogen-bond donors (Lipinski definition) is 0. The minimum Gasteiger partial charge on any atom is -0.468 e. The van der Waals surface area contributed by atoms with Crippen molar-refractivity contribution in [3.8, 4) is 17.9 Å². The van der Waals surface area contributed by atoms with Crippen LogP contribution in [0.3, 0.4) is 0 Å². The second-order valence-corrected chi connectivity index (χ2v) is 6.64. The molecule has 1 aromatic carbocycles. The number of ether oxygens (including phenoxy) is 2. The Bertz CT molecular complexity index is 601. The van der Waals surface area contributed by atoms with Crippen LogP contribution < -0.4 is 4.74 Å². The van der Waals surface area contributed by atoms with Crippen LogP contribution in [0.15, 0.2) is 24.3 Å². The van der Waals surface area contributed by atoms with Crippen molar-refractivity contribution in [2.75, 3.05) is 6.79 Å². The van der Waals surface area contributed by atoms with E-state index in [1.165, 1.54) is 25.7 Å². The first-order chi connectivity index (χ1) is 11.3. The van der Waals surface area contributed by atoms with E-state index in [2.05, 4.69) is 12.1 Å². The summed E-state index contributed by atoms with van der Waals surface area (Å²) < 4.78 is 11.6. The molecular formula is C19H22N2O2. The third-order valence-electron chi connectivity index (χ3n) is 5.19. The molecule has 1 aromatic rings. The first-order valence-corrected chi connectivity index (χ1v) is 8.38. The van der Waals surface area contributed by atoms with E-state index in [0.717, 1.165) is 23.1 Å². The van der Waals surface area contributed by atoms with Gasteiger partial charge in [-0.1, -0.05) is 12.1 Å². The fraction of sp³-hybridized carbons (Fsp3) is 0.579. The molecule has 3 rings (SSSR count). The van der Waals surface area contributed by atoms with Crippen molar-refractivity contribution in [2.24, 2.45) is 11.8 Å². The average molecular weight is 310 g/mol. The van der Waals surface area contributed by atoms with E-state index in [9.17, 15) is 0 Å². The maximum absolute atomic E-state index is 8.90. The molecule has 0 amide bonds. The second kappa shape index (κ2) is 7.49. The lowest BCUT2D eigenvalue weighted by Gasteiger charge is -2.22. The van der Waals surface area contributed by atoms with E-state index in [0.29, 0.717) is 18.9 Å². The highest BCUT2D eigenvalue weighted by atomic mass is 16.7. The highest BCUT2D eigenvalue weighted by Gasteiger charge is 2.40. The maximum Gasteiger partial charge on any atom is 0.189 e. The van der Waals surface area contributed by atoms with Gasteiger partial charge in [0.05, 0.1) is 18.2 Å². The van der Waals surface area contributed by atoms with Crippen LogP contribution >= 0.6 is 0 Å². The number of rotatable bonds is 7. The van der Waals surface area contributed by atoms with Gasteiger partial charge in [0.25, 0.3) is 0 Å². The third-order valence-corrected chi connectivity index (χ3v) is 5.19. The van der Waals surface area contributed by atoms with Gasteiger partial charge in [-0.2, -0.15) is 10.5 Å². The van der Waals surface area contributed by atoms with Gasteiger partial charge in [0.15, 0.2) is 6.79 Å². The fourth-order valence-corrected chi connectivity index (χ4v) is 3.97. The molecule has 0 saturated heterocycles. The van der Waals surface area contributed by atoms with Crippen molar-refractivity contribution < 1.29 is 9.47 Å². The van der Waals surface area contributed by atoms with Gasteiger partial charge >= 0.3 is 0 Å². The van der Waals surface area contributed by atoms with E-state index in [1.807, 2.05) is 24.3 Å². The molecule has 0 aliphatic heterocycles. The third kappa shape index (κ3) is 3.84. The zero-order valence-electron chi connectivity index (χ0n) is 13.3. The van der Waals surface area contributed by atoms with E-state index in [-0.39, 0.29) is 12.7 Å². The van der Waals surface area contributed by atoms with Crippen LogP contribution in [0.4, 0.5) is 0 Å². The topological polar surface area (TPSA) is 66.0 Å². The van der Waals surface area contributed by atoms with Gasteiger partial charge in [-0.15, -0.1) is 0 Å². The predicted octanol–water partition coefficient (Wildman–Crippen LogP) is 4.14. The Morgan fingerprint density at radius 3 is 2.61 bits per heavy atom. The summed E-state index contributed by atoms with van der Waals surface area (Å²) in [6.45, 7) is 0.276. The largest absolute Gasteiger partial charge is 0.468 e. The molecule has 2 saturated carbocycles. The summed E-state index contributed by atoms with van der Waals surface area (Å²) in [5, 5.41) is 17.8. The molecular weight excluding hydrogens is 288 g/mol. The standard InChI is InChI=1S/C19H22N2O2/c20-8-6-15(7-9-21)16-2-1-3-18(12-16)22-13-23-19-11-14-4-5-17(19)10-14/h1-3,12,14-15,17,19H,4-7,10-11,13H2/t14-,17+,19+/m1/s1. The normalized spacial score (nSPS) is 25.3. The summed E-state index contributed by atoms with van der Waals surface area (Å²) in [6.07, 6.45) is 6.23. The van der Waals surface area contributed by atoms with Crippen molar-refractivity contribution >= 4 is 0 Å². The van der Waals surface area contributed by atoms with E-state index >= 15 is 0 Å². The molecule has 2 aliphatic rings. The Balaban J connectivity index is 1.53. The van der Waals surface area contributed by atoms with Gasteiger partial charge in [0.2, 0.25) is 0 Å². The number of nitrogens with zero attached hydrogens (tertiary/aromatic N) is 2. The summed E-state index contributed by atoms with van der Waals surface area (Å²) in [5.74, 6) is 2.28. The number of fused-ring (bicyclic) bond motifs is 2. The van der Waals surface area contributed by atoms with Crippen LogP contribution in [0.1, 0.15) is 50.0 Å². The lowest BCUT2D eigenvalue weighted by atomic mass is 9.93. The van der Waals surface area contributed by atoms with Crippen molar-refractivity contribution in [3.63, 3.8) is 0 Å². The van der Waals surface area contributed by atoms with Crippen LogP contribution in [-0.4, -0.2) is 12.9 Å². The monoisotopic (exact) mass is 310 g/mol. The summed E-state index contributed by atoms with van der Waals surface area (Å²) in [4.78, 5) is 0. The molecule has 23 heavy (non-hydrogen) atoms. The first-order valence-electron chi connectivity index (χ1n) is 8.38. The molecule has 0 radical (unpaired) electrons. The molecule has 2 aliphatic carbocycles. The molecule has 2 bridgehead atoms. The van der Waals surface area contributed by atoms with Gasteiger partial charge in [-0.05, 0) is 55.2 Å². The molecule has 4 nitrogen and oxygen atoms in total. The van der Waals surface area contributed by atoms with E-state index in [1.54, 1.807) is 0 Å². The molecule has 2 fully saturated rings. The first kappa shape index (κ1) is 15.8. The molecule has 0 spiro atoms. The summed E-state index contributed by atoms with van der Waals surface area (Å²) in [5.41, 5.74) is 0.977. The van der Waals surface area contributed by atoms with Crippen LogP contribution in [-0.2, 0) is 4.74 Å². The highest BCUT2D eigenvalue weighted by molar-refractivity contribution is 5.31. The molecule has 0 unspecified atom stereocenters. The minimum atomic E-state index is -0.0555. The molecule has 0 heterocycles. The van der Waals surface area contributed by atoms with E-state index < -0.39 is 0 Å². The predicted molar refractivity (Wildman–Crippen MR) is 85.5 cm³/mol. The van der Waals surface area contributed by atoms with Crippen LogP contribution in [0.25, 0.3) is 0 Å². The lowest BCUT2D eigenvalue weighted by molar-refractivity contribution is -0.0577. The molecule has 120 valence electrons. The van der Waals surface area contributed by atoms with Crippen molar-refractivity contribution in [1.82, 2.24) is 0 Å². The minimum absolute atomic E-state index is 0.0555. The summed E-state index contributed by atoms with van der Waals surface area (Å²) >= 11 is 0.